The Morgan fingerprint density at radius 1 is 0.692 bits per heavy atom. The molecule has 0 saturated heterocycles. The third kappa shape index (κ3) is 8.60. The largest absolute Gasteiger partial charge is 0.484 e. The molecule has 0 aliphatic rings. The van der Waals surface area contributed by atoms with Crippen LogP contribution in [-0.2, 0) is 9.59 Å². The molecule has 0 aromatic heterocycles. The summed E-state index contributed by atoms with van der Waals surface area (Å²) in [6.07, 6.45) is 2.05. The van der Waals surface area contributed by atoms with Crippen LogP contribution in [0, 0.1) is 0 Å². The first kappa shape index (κ1) is 29.2. The van der Waals surface area contributed by atoms with Gasteiger partial charge < -0.3 is 25.2 Å². The zero-order valence-electron chi connectivity index (χ0n) is 22.8. The number of amides is 2. The van der Waals surface area contributed by atoms with Crippen LogP contribution in [-0.4, -0.2) is 36.1 Å². The summed E-state index contributed by atoms with van der Waals surface area (Å²) < 4.78 is 11.2. The van der Waals surface area contributed by atoms with Gasteiger partial charge in [0.25, 0.3) is 11.8 Å². The molecule has 0 aliphatic carbocycles. The van der Waals surface area contributed by atoms with Crippen molar-refractivity contribution in [2.24, 2.45) is 0 Å². The molecule has 0 heterocycles. The van der Waals surface area contributed by atoms with Crippen molar-refractivity contribution in [2.45, 2.75) is 52.4 Å². The van der Waals surface area contributed by atoms with Crippen molar-refractivity contribution in [3.05, 3.63) is 83.4 Å². The van der Waals surface area contributed by atoms with Gasteiger partial charge >= 0.3 is 5.97 Å². The molecule has 0 fully saturated rings. The highest BCUT2D eigenvalue weighted by atomic mass is 16.5. The molecule has 8 heteroatoms. The lowest BCUT2D eigenvalue weighted by atomic mass is 9.99. The molecule has 0 spiro atoms. The van der Waals surface area contributed by atoms with E-state index in [1.807, 2.05) is 48.5 Å². The summed E-state index contributed by atoms with van der Waals surface area (Å²) in [7, 11) is 0. The fourth-order valence-electron chi connectivity index (χ4n) is 3.82. The Labute approximate surface area is 229 Å². The molecule has 2 amide bonds. The van der Waals surface area contributed by atoms with E-state index in [2.05, 4.69) is 38.3 Å². The monoisotopic (exact) mass is 532 g/mol. The number of anilines is 2. The first-order chi connectivity index (χ1) is 18.7. The number of carbonyl (C=O) groups is 3. The second-order valence-electron chi connectivity index (χ2n) is 9.50. The molecule has 206 valence electrons. The molecule has 3 rings (SSSR count). The van der Waals surface area contributed by atoms with E-state index in [0.717, 1.165) is 12.8 Å². The average molecular weight is 533 g/mol. The van der Waals surface area contributed by atoms with Crippen molar-refractivity contribution in [3.63, 3.8) is 0 Å². The lowest BCUT2D eigenvalue weighted by Gasteiger charge is -2.15. The van der Waals surface area contributed by atoms with Crippen LogP contribution in [0.4, 0.5) is 11.4 Å². The number of nitrogens with one attached hydrogen (secondary N) is 2. The van der Waals surface area contributed by atoms with Crippen LogP contribution in [0.5, 0.6) is 11.5 Å². The maximum atomic E-state index is 12.6. The van der Waals surface area contributed by atoms with Crippen molar-refractivity contribution in [1.29, 1.82) is 0 Å². The summed E-state index contributed by atoms with van der Waals surface area (Å²) in [6, 6.07) is 19.2. The first-order valence-corrected chi connectivity index (χ1v) is 13.1. The SMILES string of the molecule is CC[C@@H](C)c1ccc(OCC(=O)Nc2ccc(C(=O)O)cc2NC(=O)COc2ccc([C@@H](C)CC)cc2)cc1. The molecule has 39 heavy (non-hydrogen) atoms. The van der Waals surface area contributed by atoms with E-state index in [0.29, 0.717) is 23.3 Å². The zero-order chi connectivity index (χ0) is 28.4. The van der Waals surface area contributed by atoms with Gasteiger partial charge in [-0.3, -0.25) is 9.59 Å². The van der Waals surface area contributed by atoms with Crippen LogP contribution >= 0.6 is 0 Å². The molecule has 3 N–H and O–H groups in total. The van der Waals surface area contributed by atoms with Gasteiger partial charge in [-0.05, 0) is 78.3 Å². The number of carboxylic acids is 1. The van der Waals surface area contributed by atoms with Gasteiger partial charge in [0.1, 0.15) is 11.5 Å². The predicted molar refractivity (Wildman–Crippen MR) is 152 cm³/mol. The number of carboxylic acid groups (broad SMARTS) is 1. The fourth-order valence-corrected chi connectivity index (χ4v) is 3.82. The third-order valence-corrected chi connectivity index (χ3v) is 6.68. The second kappa shape index (κ2) is 14.0. The number of hydrogen-bond donors (Lipinski definition) is 3. The van der Waals surface area contributed by atoms with E-state index in [9.17, 15) is 19.5 Å². The second-order valence-corrected chi connectivity index (χ2v) is 9.50. The van der Waals surface area contributed by atoms with Crippen molar-refractivity contribution < 1.29 is 29.0 Å². The summed E-state index contributed by atoms with van der Waals surface area (Å²) in [5, 5.41) is 14.7. The van der Waals surface area contributed by atoms with E-state index in [4.69, 9.17) is 9.47 Å². The van der Waals surface area contributed by atoms with Crippen molar-refractivity contribution in [2.75, 3.05) is 23.8 Å². The van der Waals surface area contributed by atoms with Crippen LogP contribution in [0.1, 0.15) is 73.9 Å². The van der Waals surface area contributed by atoms with Crippen molar-refractivity contribution in [3.8, 4) is 11.5 Å². The minimum atomic E-state index is -1.16. The summed E-state index contributed by atoms with van der Waals surface area (Å²) in [5.74, 6) is -0.164. The Morgan fingerprint density at radius 3 is 1.54 bits per heavy atom. The van der Waals surface area contributed by atoms with Gasteiger partial charge in [-0.15, -0.1) is 0 Å². The highest BCUT2D eigenvalue weighted by Gasteiger charge is 2.15. The molecule has 3 aromatic rings. The van der Waals surface area contributed by atoms with Gasteiger partial charge in [0.05, 0.1) is 16.9 Å². The minimum Gasteiger partial charge on any atom is -0.484 e. The summed E-state index contributed by atoms with van der Waals surface area (Å²) in [4.78, 5) is 36.7. The number of aromatic carboxylic acids is 1. The Balaban J connectivity index is 1.61. The summed E-state index contributed by atoms with van der Waals surface area (Å²) in [6.45, 7) is 7.98. The lowest BCUT2D eigenvalue weighted by Crippen LogP contribution is -2.24. The number of rotatable bonds is 13. The quantitative estimate of drug-likeness (QED) is 0.233. The molecule has 0 saturated carbocycles. The number of ether oxygens (including phenoxy) is 2. The number of hydrogen-bond acceptors (Lipinski definition) is 5. The summed E-state index contributed by atoms with van der Waals surface area (Å²) in [5.41, 5.74) is 2.73. The van der Waals surface area contributed by atoms with Crippen LogP contribution in [0.3, 0.4) is 0 Å². The van der Waals surface area contributed by atoms with Crippen LogP contribution in [0.25, 0.3) is 0 Å². The fraction of sp³-hybridized carbons (Fsp3) is 0.323. The van der Waals surface area contributed by atoms with Gasteiger partial charge in [0.15, 0.2) is 13.2 Å². The molecule has 0 radical (unpaired) electrons. The predicted octanol–water partition coefficient (Wildman–Crippen LogP) is 6.45. The Kier molecular flexibility index (Phi) is 10.5. The maximum absolute atomic E-state index is 12.6. The maximum Gasteiger partial charge on any atom is 0.335 e. The standard InChI is InChI=1S/C31H36N2O6/c1-5-20(3)22-7-12-25(13-8-22)38-18-29(34)32-27-16-11-24(31(36)37)17-28(27)33-30(35)19-39-26-14-9-23(10-15-26)21(4)6-2/h7-17,20-21H,5-6,18-19H2,1-4H3,(H,32,34)(H,33,35)(H,36,37)/t20-,21+/m1/s1. The minimum absolute atomic E-state index is 0.0394. The summed E-state index contributed by atoms with van der Waals surface area (Å²) >= 11 is 0. The highest BCUT2D eigenvalue weighted by molar-refractivity contribution is 6.02. The zero-order valence-corrected chi connectivity index (χ0v) is 22.8. The van der Waals surface area contributed by atoms with Gasteiger partial charge in [-0.2, -0.15) is 0 Å². The smallest absolute Gasteiger partial charge is 0.335 e. The van der Waals surface area contributed by atoms with E-state index >= 15 is 0 Å². The molecular weight excluding hydrogens is 496 g/mol. The van der Waals surface area contributed by atoms with Gasteiger partial charge in [-0.25, -0.2) is 4.79 Å². The number of benzene rings is 3. The third-order valence-electron chi connectivity index (χ3n) is 6.68. The molecule has 8 nitrogen and oxygen atoms in total. The topological polar surface area (TPSA) is 114 Å². The molecule has 0 aliphatic heterocycles. The molecule has 0 unspecified atom stereocenters. The molecular formula is C31H36N2O6. The molecule has 3 aromatic carbocycles. The van der Waals surface area contributed by atoms with Crippen LogP contribution in [0.15, 0.2) is 66.7 Å². The molecule has 0 bridgehead atoms. The Hall–Kier alpha value is -4.33. The van der Waals surface area contributed by atoms with E-state index in [1.165, 1.54) is 29.3 Å². The van der Waals surface area contributed by atoms with Crippen LogP contribution in [0.2, 0.25) is 0 Å². The molecule has 2 atom stereocenters. The van der Waals surface area contributed by atoms with Crippen molar-refractivity contribution in [1.82, 2.24) is 0 Å². The lowest BCUT2D eigenvalue weighted by molar-refractivity contribution is -0.119. The first-order valence-electron chi connectivity index (χ1n) is 13.1. The average Bonchev–Trinajstić information content (AvgIpc) is 2.95. The number of carbonyl (C=O) groups excluding carboxylic acids is 2. The normalized spacial score (nSPS) is 12.2. The van der Waals surface area contributed by atoms with E-state index < -0.39 is 17.8 Å². The van der Waals surface area contributed by atoms with E-state index in [-0.39, 0.29) is 30.2 Å². The van der Waals surface area contributed by atoms with Gasteiger partial charge in [0, 0.05) is 0 Å². The van der Waals surface area contributed by atoms with Crippen LogP contribution < -0.4 is 20.1 Å². The Bertz CT molecular complexity index is 1270. The Morgan fingerprint density at radius 2 is 1.13 bits per heavy atom. The highest BCUT2D eigenvalue weighted by Crippen LogP contribution is 2.25. The van der Waals surface area contributed by atoms with Gasteiger partial charge in [0.2, 0.25) is 0 Å². The van der Waals surface area contributed by atoms with Crippen molar-refractivity contribution >= 4 is 29.2 Å². The van der Waals surface area contributed by atoms with E-state index in [1.54, 1.807) is 0 Å². The van der Waals surface area contributed by atoms with Gasteiger partial charge in [-0.1, -0.05) is 52.0 Å².